The molecule has 107 valence electrons. The van der Waals surface area contributed by atoms with Crippen molar-refractivity contribution < 1.29 is 42.3 Å². The number of amides is 1. The molecule has 0 aliphatic rings. The van der Waals surface area contributed by atoms with Gasteiger partial charge in [0.15, 0.2) is 0 Å². The topological polar surface area (TPSA) is 46.2 Å². The van der Waals surface area contributed by atoms with Crippen molar-refractivity contribution in [1.29, 1.82) is 0 Å². The minimum absolute atomic E-state index is 0. The van der Waals surface area contributed by atoms with Gasteiger partial charge in [0.05, 0.1) is 0 Å². The molecule has 0 aliphatic carbocycles. The Morgan fingerprint density at radius 1 is 0.850 bits per heavy atom. The van der Waals surface area contributed by atoms with Crippen molar-refractivity contribution in [2.75, 3.05) is 5.32 Å². The molecule has 0 unspecified atom stereocenters. The molecule has 3 nitrogen and oxygen atoms in total. The average molecular weight is 349 g/mol. The van der Waals surface area contributed by atoms with Crippen molar-refractivity contribution in [3.8, 4) is 0 Å². The molecular weight excluding hydrogens is 327 g/mol. The van der Waals surface area contributed by atoms with Crippen molar-refractivity contribution in [1.82, 2.24) is 0 Å². The molecular formula is C16H22NO2Y-. The van der Waals surface area contributed by atoms with Gasteiger partial charge in [0.2, 0.25) is 5.91 Å². The molecule has 4 heteroatoms. The molecule has 0 spiro atoms. The zero-order chi connectivity index (χ0) is 14.7. The second-order valence-electron chi connectivity index (χ2n) is 5.09. The van der Waals surface area contributed by atoms with Gasteiger partial charge in [-0.2, -0.15) is 0 Å². The van der Waals surface area contributed by atoms with E-state index in [9.17, 15) is 9.59 Å². The van der Waals surface area contributed by atoms with E-state index in [2.05, 4.69) is 33.0 Å². The first-order valence-corrected chi connectivity index (χ1v) is 6.47. The Bertz CT molecular complexity index is 507. The van der Waals surface area contributed by atoms with Gasteiger partial charge < -0.3 is 17.0 Å². The van der Waals surface area contributed by atoms with Crippen LogP contribution in [0.4, 0.5) is 5.69 Å². The molecule has 0 bridgehead atoms. The molecule has 1 aromatic carbocycles. The largest absolute Gasteiger partial charge is 0.339 e. The summed E-state index contributed by atoms with van der Waals surface area (Å²) in [6.07, 6.45) is 0.376. The van der Waals surface area contributed by atoms with E-state index in [1.807, 2.05) is 13.8 Å². The maximum absolute atomic E-state index is 11.8. The first-order chi connectivity index (χ1) is 8.75. The zero-order valence-corrected chi connectivity index (χ0v) is 15.9. The van der Waals surface area contributed by atoms with Crippen molar-refractivity contribution in [3.05, 3.63) is 34.7 Å². The Morgan fingerprint density at radius 2 is 1.25 bits per heavy atom. The second kappa shape index (κ2) is 7.94. The van der Waals surface area contributed by atoms with Crippen molar-refractivity contribution in [2.24, 2.45) is 0 Å². The van der Waals surface area contributed by atoms with Crippen molar-refractivity contribution >= 4 is 17.4 Å². The number of rotatable bonds is 4. The van der Waals surface area contributed by atoms with Crippen LogP contribution in [-0.4, -0.2) is 11.7 Å². The SMILES string of the molecule is [CH2-]C(=O)CCC(=O)Nc1c(C)c(C)c(C)c(C)c1C.[Y]. The van der Waals surface area contributed by atoms with Gasteiger partial charge in [-0.25, -0.2) is 0 Å². The van der Waals surface area contributed by atoms with Crippen LogP contribution in [0.25, 0.3) is 0 Å². The Balaban J connectivity index is 0.00000361. The van der Waals surface area contributed by atoms with Gasteiger partial charge in [0.1, 0.15) is 0 Å². The van der Waals surface area contributed by atoms with Crippen molar-refractivity contribution in [2.45, 2.75) is 47.5 Å². The molecule has 1 amide bonds. The molecule has 1 N–H and O–H groups in total. The second-order valence-corrected chi connectivity index (χ2v) is 5.09. The summed E-state index contributed by atoms with van der Waals surface area (Å²) in [5, 5.41) is 2.92. The van der Waals surface area contributed by atoms with Gasteiger partial charge in [-0.1, -0.05) is 0 Å². The van der Waals surface area contributed by atoms with Crippen LogP contribution in [0.5, 0.6) is 0 Å². The first-order valence-electron chi connectivity index (χ1n) is 6.47. The van der Waals surface area contributed by atoms with Gasteiger partial charge in [0, 0.05) is 44.8 Å². The van der Waals surface area contributed by atoms with Crippen LogP contribution >= 0.6 is 0 Å². The van der Waals surface area contributed by atoms with Crippen LogP contribution in [0.15, 0.2) is 0 Å². The van der Waals surface area contributed by atoms with Crippen molar-refractivity contribution in [3.63, 3.8) is 0 Å². The number of hydrogen-bond donors (Lipinski definition) is 1. The summed E-state index contributed by atoms with van der Waals surface area (Å²) in [5.41, 5.74) is 6.73. The van der Waals surface area contributed by atoms with Crippen LogP contribution in [-0.2, 0) is 42.3 Å². The van der Waals surface area contributed by atoms with E-state index in [0.29, 0.717) is 0 Å². The van der Waals surface area contributed by atoms with E-state index in [-0.39, 0.29) is 57.2 Å². The molecule has 0 saturated heterocycles. The zero-order valence-electron chi connectivity index (χ0n) is 13.0. The van der Waals surface area contributed by atoms with E-state index in [1.54, 1.807) is 0 Å². The van der Waals surface area contributed by atoms with E-state index in [0.717, 1.165) is 16.8 Å². The van der Waals surface area contributed by atoms with Crippen LogP contribution in [0.1, 0.15) is 40.7 Å². The van der Waals surface area contributed by atoms with Crippen LogP contribution in [0, 0.1) is 41.5 Å². The summed E-state index contributed by atoms with van der Waals surface area (Å²) in [6.45, 7) is 13.5. The van der Waals surface area contributed by atoms with Crippen LogP contribution in [0.3, 0.4) is 0 Å². The molecule has 20 heavy (non-hydrogen) atoms. The Morgan fingerprint density at radius 3 is 1.65 bits per heavy atom. The Labute approximate surface area is 146 Å². The minimum atomic E-state index is -0.208. The summed E-state index contributed by atoms with van der Waals surface area (Å²) in [7, 11) is 0. The Kier molecular flexibility index (Phi) is 7.68. The quantitative estimate of drug-likeness (QED) is 0.848. The molecule has 0 aromatic heterocycles. The third-order valence-electron chi connectivity index (χ3n) is 3.90. The van der Waals surface area contributed by atoms with Gasteiger partial charge in [-0.15, -0.1) is 0 Å². The van der Waals surface area contributed by atoms with Gasteiger partial charge in [-0.05, 0) is 74.6 Å². The van der Waals surface area contributed by atoms with Crippen LogP contribution < -0.4 is 5.32 Å². The number of benzene rings is 1. The van der Waals surface area contributed by atoms with E-state index < -0.39 is 0 Å². The molecule has 1 radical (unpaired) electrons. The number of anilines is 1. The number of ketones is 1. The molecule has 0 aliphatic heterocycles. The Hall–Kier alpha value is -0.666. The molecule has 0 atom stereocenters. The normalized spacial score (nSPS) is 9.85. The van der Waals surface area contributed by atoms with E-state index in [1.165, 1.54) is 16.7 Å². The van der Waals surface area contributed by atoms with Crippen LogP contribution in [0.2, 0.25) is 0 Å². The molecule has 1 aromatic rings. The fraction of sp³-hybridized carbons (Fsp3) is 0.438. The number of carbonyl (C=O) groups is 2. The minimum Gasteiger partial charge on any atom is -0.339 e. The smallest absolute Gasteiger partial charge is 0.224 e. The fourth-order valence-electron chi connectivity index (χ4n) is 2.14. The predicted molar refractivity (Wildman–Crippen MR) is 78.4 cm³/mol. The molecule has 0 saturated carbocycles. The predicted octanol–water partition coefficient (Wildman–Crippen LogP) is 3.35. The standard InChI is InChI=1S/C16H22NO2.Y/c1-9(18)7-8-15(19)17-16-13(5)11(3)10(2)12(4)14(16)6;/h1,7-8H2,2-6H3,(H,17,19);/q-1;. The number of carbonyl (C=O) groups excluding carboxylic acids is 2. The summed E-state index contributed by atoms with van der Waals surface area (Å²) in [4.78, 5) is 22.6. The number of hydrogen-bond acceptors (Lipinski definition) is 2. The molecule has 0 heterocycles. The molecule has 0 fully saturated rings. The summed E-state index contributed by atoms with van der Waals surface area (Å²) in [5.74, 6) is -0.342. The first kappa shape index (κ1) is 19.3. The van der Waals surface area contributed by atoms with Gasteiger partial charge in [-0.3, -0.25) is 4.79 Å². The van der Waals surface area contributed by atoms with E-state index >= 15 is 0 Å². The third-order valence-corrected chi connectivity index (χ3v) is 3.90. The average Bonchev–Trinajstić information content (AvgIpc) is 2.36. The number of nitrogens with one attached hydrogen (secondary N) is 1. The summed E-state index contributed by atoms with van der Waals surface area (Å²) >= 11 is 0. The maximum Gasteiger partial charge on any atom is 0.224 e. The fourth-order valence-corrected chi connectivity index (χ4v) is 2.14. The monoisotopic (exact) mass is 349 g/mol. The van der Waals surface area contributed by atoms with Gasteiger partial charge >= 0.3 is 0 Å². The summed E-state index contributed by atoms with van der Waals surface area (Å²) in [6, 6.07) is 0. The van der Waals surface area contributed by atoms with Gasteiger partial charge in [0.25, 0.3) is 0 Å². The third kappa shape index (κ3) is 4.42. The number of Topliss-reactive ketones (excluding diaryl/α,β-unsaturated/α-hetero) is 1. The molecule has 1 rings (SSSR count). The summed E-state index contributed by atoms with van der Waals surface area (Å²) < 4.78 is 0. The maximum atomic E-state index is 11.8. The van der Waals surface area contributed by atoms with E-state index in [4.69, 9.17) is 0 Å².